The summed E-state index contributed by atoms with van der Waals surface area (Å²) in [5.41, 5.74) is 1.28. The van der Waals surface area contributed by atoms with E-state index in [4.69, 9.17) is 0 Å². The Balaban J connectivity index is 1.84. The molecule has 1 heterocycles. The SMILES string of the molecule is CC(CCc1ccccc1)NC(=O)C1CSCN1C(=O)C(C)C. The monoisotopic (exact) mass is 334 g/mol. The number of carbonyl (C=O) groups excluding carboxylic acids is 2. The Morgan fingerprint density at radius 2 is 1.96 bits per heavy atom. The van der Waals surface area contributed by atoms with Gasteiger partial charge in [-0.3, -0.25) is 9.59 Å². The van der Waals surface area contributed by atoms with E-state index in [0.717, 1.165) is 12.8 Å². The number of nitrogens with zero attached hydrogens (tertiary/aromatic N) is 1. The topological polar surface area (TPSA) is 49.4 Å². The average Bonchev–Trinajstić information content (AvgIpc) is 3.02. The third-order valence-electron chi connectivity index (χ3n) is 4.06. The minimum absolute atomic E-state index is 0.0236. The van der Waals surface area contributed by atoms with E-state index < -0.39 is 0 Å². The first-order valence-corrected chi connectivity index (χ1v) is 9.37. The van der Waals surface area contributed by atoms with E-state index in [1.807, 2.05) is 39.0 Å². The molecule has 1 aromatic carbocycles. The molecule has 1 aromatic rings. The summed E-state index contributed by atoms with van der Waals surface area (Å²) in [6.45, 7) is 5.78. The number of rotatable bonds is 6. The molecule has 4 nitrogen and oxygen atoms in total. The van der Waals surface area contributed by atoms with Gasteiger partial charge < -0.3 is 10.2 Å². The molecule has 1 aliphatic rings. The van der Waals surface area contributed by atoms with Crippen LogP contribution in [-0.4, -0.2) is 40.4 Å². The molecule has 126 valence electrons. The van der Waals surface area contributed by atoms with Crippen molar-refractivity contribution in [2.75, 3.05) is 11.6 Å². The van der Waals surface area contributed by atoms with Gasteiger partial charge in [-0.1, -0.05) is 44.2 Å². The quantitative estimate of drug-likeness (QED) is 0.870. The third-order valence-corrected chi connectivity index (χ3v) is 5.07. The molecule has 1 fully saturated rings. The second-order valence-electron chi connectivity index (χ2n) is 6.41. The fourth-order valence-electron chi connectivity index (χ4n) is 2.65. The van der Waals surface area contributed by atoms with Crippen LogP contribution in [0.2, 0.25) is 0 Å². The van der Waals surface area contributed by atoms with Crippen LogP contribution in [0.5, 0.6) is 0 Å². The number of nitrogens with one attached hydrogen (secondary N) is 1. The number of amides is 2. The van der Waals surface area contributed by atoms with Crippen molar-refractivity contribution in [2.45, 2.75) is 45.7 Å². The molecule has 2 atom stereocenters. The zero-order chi connectivity index (χ0) is 16.8. The van der Waals surface area contributed by atoms with Gasteiger partial charge in [0, 0.05) is 17.7 Å². The van der Waals surface area contributed by atoms with E-state index in [-0.39, 0.29) is 29.8 Å². The average molecular weight is 334 g/mol. The molecule has 0 saturated carbocycles. The normalized spacial score (nSPS) is 19.0. The van der Waals surface area contributed by atoms with E-state index in [2.05, 4.69) is 17.4 Å². The van der Waals surface area contributed by atoms with E-state index in [1.165, 1.54) is 5.56 Å². The van der Waals surface area contributed by atoms with Crippen LogP contribution in [0.3, 0.4) is 0 Å². The summed E-state index contributed by atoms with van der Waals surface area (Å²) >= 11 is 1.65. The largest absolute Gasteiger partial charge is 0.352 e. The Kier molecular flexibility index (Phi) is 6.51. The van der Waals surface area contributed by atoms with Crippen molar-refractivity contribution in [3.05, 3.63) is 35.9 Å². The molecule has 2 rings (SSSR count). The summed E-state index contributed by atoms with van der Waals surface area (Å²) in [4.78, 5) is 26.4. The minimum atomic E-state index is -0.325. The molecule has 1 N–H and O–H groups in total. The van der Waals surface area contributed by atoms with Crippen LogP contribution in [0.1, 0.15) is 32.8 Å². The smallest absolute Gasteiger partial charge is 0.243 e. The number of aryl methyl sites for hydroxylation is 1. The fraction of sp³-hybridized carbons (Fsp3) is 0.556. The second-order valence-corrected chi connectivity index (χ2v) is 7.41. The van der Waals surface area contributed by atoms with Gasteiger partial charge in [-0.25, -0.2) is 0 Å². The maximum atomic E-state index is 12.5. The number of hydrogen-bond acceptors (Lipinski definition) is 3. The van der Waals surface area contributed by atoms with Crippen molar-refractivity contribution >= 4 is 23.6 Å². The third kappa shape index (κ3) is 4.99. The predicted octanol–water partition coefficient (Wildman–Crippen LogP) is 2.68. The molecule has 5 heteroatoms. The molecule has 1 aliphatic heterocycles. The summed E-state index contributed by atoms with van der Waals surface area (Å²) in [6.07, 6.45) is 1.84. The lowest BCUT2D eigenvalue weighted by molar-refractivity contribution is -0.140. The van der Waals surface area contributed by atoms with E-state index >= 15 is 0 Å². The molecule has 23 heavy (non-hydrogen) atoms. The molecular formula is C18H26N2O2S. The van der Waals surface area contributed by atoms with Crippen molar-refractivity contribution in [3.8, 4) is 0 Å². The highest BCUT2D eigenvalue weighted by atomic mass is 32.2. The van der Waals surface area contributed by atoms with Crippen LogP contribution in [-0.2, 0) is 16.0 Å². The lowest BCUT2D eigenvalue weighted by atomic mass is 10.1. The van der Waals surface area contributed by atoms with E-state index in [1.54, 1.807) is 16.7 Å². The molecular weight excluding hydrogens is 308 g/mol. The van der Waals surface area contributed by atoms with Gasteiger partial charge in [0.2, 0.25) is 11.8 Å². The molecule has 0 bridgehead atoms. The lowest BCUT2D eigenvalue weighted by Gasteiger charge is -2.26. The van der Waals surface area contributed by atoms with Gasteiger partial charge in [0.15, 0.2) is 0 Å². The van der Waals surface area contributed by atoms with Gasteiger partial charge >= 0.3 is 0 Å². The Morgan fingerprint density at radius 3 is 2.61 bits per heavy atom. The summed E-state index contributed by atoms with van der Waals surface area (Å²) in [6, 6.07) is 10.1. The van der Waals surface area contributed by atoms with Gasteiger partial charge in [0.25, 0.3) is 0 Å². The highest BCUT2D eigenvalue weighted by molar-refractivity contribution is 7.99. The summed E-state index contributed by atoms with van der Waals surface area (Å²) in [7, 11) is 0. The Labute approximate surface area is 143 Å². The first kappa shape index (κ1) is 17.9. The van der Waals surface area contributed by atoms with Crippen LogP contribution in [0.15, 0.2) is 30.3 Å². The lowest BCUT2D eigenvalue weighted by Crippen LogP contribution is -2.50. The van der Waals surface area contributed by atoms with Crippen LogP contribution in [0.4, 0.5) is 0 Å². The van der Waals surface area contributed by atoms with Gasteiger partial charge in [0.05, 0.1) is 5.88 Å². The first-order chi connectivity index (χ1) is 11.0. The van der Waals surface area contributed by atoms with Gasteiger partial charge in [-0.15, -0.1) is 11.8 Å². The Hall–Kier alpha value is -1.49. The second kappa shape index (κ2) is 8.39. The van der Waals surface area contributed by atoms with Gasteiger partial charge in [-0.2, -0.15) is 0 Å². The molecule has 0 spiro atoms. The standard InChI is InChI=1S/C18H26N2O2S/c1-13(2)18(22)20-12-23-11-16(20)17(21)19-14(3)9-10-15-7-5-4-6-8-15/h4-8,13-14,16H,9-12H2,1-3H3,(H,19,21). The zero-order valence-corrected chi connectivity index (χ0v) is 14.9. The molecule has 2 unspecified atom stereocenters. The summed E-state index contributed by atoms with van der Waals surface area (Å²) in [5.74, 6) is 1.28. The molecule has 1 saturated heterocycles. The number of benzene rings is 1. The fourth-order valence-corrected chi connectivity index (χ4v) is 3.81. The number of carbonyl (C=O) groups is 2. The summed E-state index contributed by atoms with van der Waals surface area (Å²) < 4.78 is 0. The Bertz CT molecular complexity index is 533. The Morgan fingerprint density at radius 1 is 1.26 bits per heavy atom. The van der Waals surface area contributed by atoms with Crippen LogP contribution < -0.4 is 5.32 Å². The van der Waals surface area contributed by atoms with Crippen molar-refractivity contribution in [2.24, 2.45) is 5.92 Å². The molecule has 0 aliphatic carbocycles. The van der Waals surface area contributed by atoms with Crippen LogP contribution >= 0.6 is 11.8 Å². The van der Waals surface area contributed by atoms with Crippen molar-refractivity contribution in [1.29, 1.82) is 0 Å². The highest BCUT2D eigenvalue weighted by Gasteiger charge is 2.35. The van der Waals surface area contributed by atoms with Gasteiger partial charge in [0.1, 0.15) is 6.04 Å². The van der Waals surface area contributed by atoms with Crippen LogP contribution in [0.25, 0.3) is 0 Å². The molecule has 2 amide bonds. The van der Waals surface area contributed by atoms with Crippen molar-refractivity contribution in [3.63, 3.8) is 0 Å². The maximum absolute atomic E-state index is 12.5. The number of thioether (sulfide) groups is 1. The van der Waals surface area contributed by atoms with Crippen molar-refractivity contribution < 1.29 is 9.59 Å². The zero-order valence-electron chi connectivity index (χ0n) is 14.1. The highest BCUT2D eigenvalue weighted by Crippen LogP contribution is 2.23. The summed E-state index contributed by atoms with van der Waals surface area (Å²) in [5, 5.41) is 3.07. The number of hydrogen-bond donors (Lipinski definition) is 1. The van der Waals surface area contributed by atoms with Crippen molar-refractivity contribution in [1.82, 2.24) is 10.2 Å². The van der Waals surface area contributed by atoms with Crippen LogP contribution in [0, 0.1) is 5.92 Å². The maximum Gasteiger partial charge on any atom is 0.243 e. The predicted molar refractivity (Wildman–Crippen MR) is 95.2 cm³/mol. The van der Waals surface area contributed by atoms with E-state index in [9.17, 15) is 9.59 Å². The molecule has 0 aromatic heterocycles. The van der Waals surface area contributed by atoms with Gasteiger partial charge in [-0.05, 0) is 25.3 Å². The first-order valence-electron chi connectivity index (χ1n) is 8.21. The van der Waals surface area contributed by atoms with E-state index in [0.29, 0.717) is 11.6 Å². The molecule has 0 radical (unpaired) electrons. The minimum Gasteiger partial charge on any atom is -0.352 e.